The van der Waals surface area contributed by atoms with E-state index in [-0.39, 0.29) is 24.9 Å². The van der Waals surface area contributed by atoms with Crippen molar-refractivity contribution < 1.29 is 21.1 Å². The molecule has 1 fully saturated rings. The molecule has 1 saturated heterocycles. The Morgan fingerprint density at radius 3 is 2.64 bits per heavy atom. The molecular formula is C24H29NO3. The van der Waals surface area contributed by atoms with Gasteiger partial charge in [-0.15, -0.1) is 0 Å². The molecular weight excluding hydrogens is 350 g/mol. The minimum absolute atomic E-state index is 0.0674. The number of piperidine rings is 1. The van der Waals surface area contributed by atoms with Crippen LogP contribution in [0.1, 0.15) is 47.5 Å². The highest BCUT2D eigenvalue weighted by Gasteiger charge is 2.34. The zero-order valence-corrected chi connectivity index (χ0v) is 16.3. The highest BCUT2D eigenvalue weighted by Crippen LogP contribution is 2.39. The maximum atomic E-state index is 13.4. The van der Waals surface area contributed by atoms with Gasteiger partial charge in [0.1, 0.15) is 0 Å². The Morgan fingerprint density at radius 1 is 1.18 bits per heavy atom. The largest absolute Gasteiger partial charge is 0.493 e. The first-order valence-corrected chi connectivity index (χ1v) is 9.55. The van der Waals surface area contributed by atoms with Crippen LogP contribution in [0.5, 0.6) is 11.5 Å². The summed E-state index contributed by atoms with van der Waals surface area (Å²) < 4.78 is 55.1. The van der Waals surface area contributed by atoms with E-state index in [9.17, 15) is 4.79 Å². The van der Waals surface area contributed by atoms with Crippen molar-refractivity contribution in [1.29, 1.82) is 0 Å². The Labute approximate surface area is 174 Å². The van der Waals surface area contributed by atoms with E-state index in [2.05, 4.69) is 0 Å². The Bertz CT molecular complexity index is 1050. The Balaban J connectivity index is 1.60. The summed E-state index contributed by atoms with van der Waals surface area (Å²) in [7, 11) is 2.92. The monoisotopic (exact) mass is 384 g/mol. The summed E-state index contributed by atoms with van der Waals surface area (Å²) in [5.41, 5.74) is 1.81. The van der Waals surface area contributed by atoms with Crippen molar-refractivity contribution in [1.82, 2.24) is 4.90 Å². The van der Waals surface area contributed by atoms with Gasteiger partial charge >= 0.3 is 0 Å². The van der Waals surface area contributed by atoms with Crippen LogP contribution in [-0.4, -0.2) is 38.0 Å². The molecule has 1 heterocycles. The third-order valence-electron chi connectivity index (χ3n) is 5.35. The van der Waals surface area contributed by atoms with E-state index < -0.39 is 30.3 Å². The van der Waals surface area contributed by atoms with Crippen molar-refractivity contribution in [2.24, 2.45) is 11.8 Å². The molecule has 2 aliphatic rings. The second-order valence-corrected chi connectivity index (χ2v) is 7.17. The maximum absolute atomic E-state index is 13.4. The Hall–Kier alpha value is -2.33. The number of hydrogen-bond donors (Lipinski definition) is 0. The first-order valence-electron chi connectivity index (χ1n) is 12.1. The molecule has 0 N–H and O–H groups in total. The molecule has 2 aromatic carbocycles. The number of fused-ring (bicyclic) bond motifs is 1. The number of Topliss-reactive ketones (excluding diaryl/α,β-unsaturated/α-hetero) is 1. The number of benzene rings is 2. The number of ketones is 1. The molecule has 3 unspecified atom stereocenters. The first kappa shape index (κ1) is 13.8. The SMILES string of the molecule is [2H]C1CN(Cc2ccccc2)CCC1([2H])C([2H])([2H])C1([2H])Cc2cc(OC)c(OC)cc2C1=O. The van der Waals surface area contributed by atoms with Crippen molar-refractivity contribution >= 4 is 5.78 Å². The van der Waals surface area contributed by atoms with Gasteiger partial charge in [0.25, 0.3) is 0 Å². The van der Waals surface area contributed by atoms with Crippen LogP contribution in [-0.2, 0) is 13.0 Å². The molecule has 0 aromatic heterocycles. The third-order valence-corrected chi connectivity index (χ3v) is 5.35. The lowest BCUT2D eigenvalue weighted by atomic mass is 9.85. The lowest BCUT2D eigenvalue weighted by molar-refractivity contribution is 0.0895. The number of nitrogens with zero attached hydrogens (tertiary/aromatic N) is 1. The lowest BCUT2D eigenvalue weighted by Crippen LogP contribution is -2.34. The number of ether oxygens (including phenoxy) is 2. The van der Waals surface area contributed by atoms with E-state index in [0.29, 0.717) is 30.2 Å². The van der Waals surface area contributed by atoms with Gasteiger partial charge in [0.05, 0.1) is 14.2 Å². The summed E-state index contributed by atoms with van der Waals surface area (Å²) in [6, 6.07) is 12.9. The number of rotatable bonds is 6. The van der Waals surface area contributed by atoms with E-state index in [0.717, 1.165) is 5.56 Å². The van der Waals surface area contributed by atoms with Gasteiger partial charge in [-0.05, 0) is 67.9 Å². The molecule has 2 aromatic rings. The number of hydrogen-bond acceptors (Lipinski definition) is 4. The van der Waals surface area contributed by atoms with E-state index in [1.165, 1.54) is 20.3 Å². The molecule has 0 bridgehead atoms. The van der Waals surface area contributed by atoms with Crippen LogP contribution < -0.4 is 9.47 Å². The highest BCUT2D eigenvalue weighted by atomic mass is 16.5. The van der Waals surface area contributed by atoms with Crippen molar-refractivity contribution in [3.63, 3.8) is 0 Å². The average molecular weight is 385 g/mol. The van der Waals surface area contributed by atoms with Crippen molar-refractivity contribution in [2.45, 2.75) is 32.2 Å². The van der Waals surface area contributed by atoms with Gasteiger partial charge in [-0.25, -0.2) is 0 Å². The zero-order valence-electron chi connectivity index (χ0n) is 21.3. The van der Waals surface area contributed by atoms with E-state index in [1.807, 2.05) is 35.2 Å². The van der Waals surface area contributed by atoms with Crippen LogP contribution in [0, 0.1) is 11.8 Å². The minimum Gasteiger partial charge on any atom is -0.493 e. The fourth-order valence-corrected chi connectivity index (χ4v) is 3.82. The maximum Gasteiger partial charge on any atom is 0.166 e. The second-order valence-electron chi connectivity index (χ2n) is 7.17. The summed E-state index contributed by atoms with van der Waals surface area (Å²) in [4.78, 5) is 15.4. The van der Waals surface area contributed by atoms with Crippen LogP contribution in [0.4, 0.5) is 0 Å². The van der Waals surface area contributed by atoms with E-state index in [4.69, 9.17) is 16.3 Å². The van der Waals surface area contributed by atoms with Crippen LogP contribution in [0.3, 0.4) is 0 Å². The molecule has 1 aliphatic carbocycles. The van der Waals surface area contributed by atoms with Gasteiger partial charge in [-0.1, -0.05) is 30.3 Å². The van der Waals surface area contributed by atoms with Gasteiger partial charge in [-0.2, -0.15) is 0 Å². The normalized spacial score (nSPS) is 33.1. The molecule has 4 heteroatoms. The Morgan fingerprint density at radius 2 is 1.93 bits per heavy atom. The third kappa shape index (κ3) is 3.93. The Kier molecular flexibility index (Phi) is 4.11. The molecule has 0 saturated carbocycles. The fourth-order valence-electron chi connectivity index (χ4n) is 3.82. The molecule has 28 heavy (non-hydrogen) atoms. The summed E-state index contributed by atoms with van der Waals surface area (Å²) in [5.74, 6) is -4.03. The molecule has 4 nitrogen and oxygen atoms in total. The highest BCUT2D eigenvalue weighted by molar-refractivity contribution is 6.02. The first-order chi connectivity index (χ1) is 15.6. The van der Waals surface area contributed by atoms with Crippen LogP contribution in [0.2, 0.25) is 0 Å². The molecule has 0 amide bonds. The van der Waals surface area contributed by atoms with Gasteiger partial charge < -0.3 is 9.47 Å². The quantitative estimate of drug-likeness (QED) is 0.742. The standard InChI is InChI=1S/C24H29NO3/c1-27-22-14-19-13-20(24(26)21(19)15-23(22)28-2)12-17-8-10-25(11-9-17)16-18-6-4-3-5-7-18/h3-7,14-15,17,20H,8-13,16H2,1-2H3/i8D,12D2,17D,20D. The van der Waals surface area contributed by atoms with Crippen LogP contribution >= 0.6 is 0 Å². The molecule has 4 rings (SSSR count). The van der Waals surface area contributed by atoms with Gasteiger partial charge in [0.2, 0.25) is 0 Å². The van der Waals surface area contributed by atoms with E-state index in [1.54, 1.807) is 6.07 Å². The number of methoxy groups -OCH3 is 2. The van der Waals surface area contributed by atoms with E-state index >= 15 is 0 Å². The zero-order chi connectivity index (χ0) is 24.0. The number of carbonyl (C=O) groups is 1. The lowest BCUT2D eigenvalue weighted by Gasteiger charge is -2.32. The average Bonchev–Trinajstić information content (AvgIpc) is 3.06. The molecule has 148 valence electrons. The predicted molar refractivity (Wildman–Crippen MR) is 110 cm³/mol. The van der Waals surface area contributed by atoms with Gasteiger partial charge in [0.15, 0.2) is 17.3 Å². The summed E-state index contributed by atoms with van der Waals surface area (Å²) in [5, 5.41) is 0. The summed E-state index contributed by atoms with van der Waals surface area (Å²) >= 11 is 0. The molecule has 0 radical (unpaired) electrons. The minimum atomic E-state index is -2.54. The molecule has 1 aliphatic heterocycles. The predicted octanol–water partition coefficient (Wildman–Crippen LogP) is 4.36. The molecule has 0 spiro atoms. The van der Waals surface area contributed by atoms with Gasteiger partial charge in [0, 0.05) is 24.9 Å². The number of carbonyl (C=O) groups excluding carboxylic acids is 1. The van der Waals surface area contributed by atoms with Crippen molar-refractivity contribution in [2.75, 3.05) is 27.3 Å². The van der Waals surface area contributed by atoms with Crippen LogP contribution in [0.15, 0.2) is 42.5 Å². The summed E-state index contributed by atoms with van der Waals surface area (Å²) in [6.07, 6.45) is -3.75. The second kappa shape index (κ2) is 8.36. The molecule has 3 atom stereocenters. The van der Waals surface area contributed by atoms with Crippen molar-refractivity contribution in [3.8, 4) is 11.5 Å². The number of likely N-dealkylation sites (tertiary alicyclic amines) is 1. The topological polar surface area (TPSA) is 38.8 Å². The summed E-state index contributed by atoms with van der Waals surface area (Å²) in [6.45, 7) is 1.24. The fraction of sp³-hybridized carbons (Fsp3) is 0.458. The van der Waals surface area contributed by atoms with Gasteiger partial charge in [-0.3, -0.25) is 9.69 Å². The smallest absolute Gasteiger partial charge is 0.166 e. The van der Waals surface area contributed by atoms with Crippen molar-refractivity contribution in [3.05, 3.63) is 59.2 Å². The van der Waals surface area contributed by atoms with Crippen LogP contribution in [0.25, 0.3) is 0 Å².